The Hall–Kier alpha value is -0.280. The predicted molar refractivity (Wildman–Crippen MR) is 61.7 cm³/mol. The summed E-state index contributed by atoms with van der Waals surface area (Å²) in [6.07, 6.45) is 0. The average molecular weight is 289 g/mol. The van der Waals surface area contributed by atoms with E-state index in [1.807, 2.05) is 18.2 Å². The topological polar surface area (TPSA) is 0 Å². The summed E-state index contributed by atoms with van der Waals surface area (Å²) < 4.78 is 1.10. The lowest BCUT2D eigenvalue weighted by atomic mass is 10.1. The van der Waals surface area contributed by atoms with Gasteiger partial charge in [0.1, 0.15) is 0 Å². The van der Waals surface area contributed by atoms with Gasteiger partial charge < -0.3 is 0 Å². The molecular formula is C10H6ClI. The van der Waals surface area contributed by atoms with Crippen LogP contribution in [0.3, 0.4) is 0 Å². The molecule has 0 nitrogen and oxygen atoms in total. The average Bonchev–Trinajstić information content (AvgIpc) is 2.07. The summed E-state index contributed by atoms with van der Waals surface area (Å²) >= 11 is 8.22. The van der Waals surface area contributed by atoms with E-state index in [1.165, 1.54) is 10.8 Å². The van der Waals surface area contributed by atoms with Crippen molar-refractivity contribution < 1.29 is 0 Å². The summed E-state index contributed by atoms with van der Waals surface area (Å²) in [7, 11) is 0. The highest BCUT2D eigenvalue weighted by molar-refractivity contribution is 14.1. The van der Waals surface area contributed by atoms with Crippen molar-refractivity contribution in [1.82, 2.24) is 0 Å². The molecule has 0 N–H and O–H groups in total. The van der Waals surface area contributed by atoms with E-state index in [4.69, 9.17) is 11.6 Å². The molecule has 2 aromatic carbocycles. The van der Waals surface area contributed by atoms with E-state index in [1.54, 1.807) is 0 Å². The first-order valence-corrected chi connectivity index (χ1v) is 5.07. The van der Waals surface area contributed by atoms with E-state index < -0.39 is 0 Å². The van der Waals surface area contributed by atoms with Crippen LogP contribution in [0, 0.1) is 3.57 Å². The molecule has 2 rings (SSSR count). The maximum atomic E-state index is 5.98. The molecule has 0 saturated heterocycles. The highest BCUT2D eigenvalue weighted by Gasteiger charge is 1.98. The fraction of sp³-hybridized carbons (Fsp3) is 0. The SMILES string of the molecule is Clc1cc2ccccc2cc1I. The molecular weight excluding hydrogens is 282 g/mol. The van der Waals surface area contributed by atoms with Crippen molar-refractivity contribution in [2.45, 2.75) is 0 Å². The monoisotopic (exact) mass is 288 g/mol. The van der Waals surface area contributed by atoms with E-state index >= 15 is 0 Å². The van der Waals surface area contributed by atoms with Crippen LogP contribution in [0.25, 0.3) is 10.8 Å². The Kier molecular flexibility index (Phi) is 2.24. The second-order valence-corrected chi connectivity index (χ2v) is 4.18. The molecule has 0 aromatic heterocycles. The van der Waals surface area contributed by atoms with Gasteiger partial charge in [0.15, 0.2) is 0 Å². The van der Waals surface area contributed by atoms with Gasteiger partial charge in [0.05, 0.1) is 5.02 Å². The molecule has 60 valence electrons. The van der Waals surface area contributed by atoms with Crippen LogP contribution in [0.1, 0.15) is 0 Å². The van der Waals surface area contributed by atoms with Gasteiger partial charge in [-0.25, -0.2) is 0 Å². The summed E-state index contributed by atoms with van der Waals surface area (Å²) in [5.41, 5.74) is 0. The van der Waals surface area contributed by atoms with Crippen molar-refractivity contribution in [2.24, 2.45) is 0 Å². The van der Waals surface area contributed by atoms with Crippen LogP contribution >= 0.6 is 34.2 Å². The number of hydrogen-bond acceptors (Lipinski definition) is 0. The lowest BCUT2D eigenvalue weighted by Crippen LogP contribution is -1.76. The molecule has 2 aromatic rings. The molecule has 0 unspecified atom stereocenters. The molecule has 12 heavy (non-hydrogen) atoms. The molecule has 0 aliphatic heterocycles. The standard InChI is InChI=1S/C10H6ClI/c11-9-5-7-3-1-2-4-8(7)6-10(9)12/h1-6H. The van der Waals surface area contributed by atoms with E-state index in [9.17, 15) is 0 Å². The third kappa shape index (κ3) is 1.43. The van der Waals surface area contributed by atoms with Gasteiger partial charge in [-0.1, -0.05) is 35.9 Å². The maximum Gasteiger partial charge on any atom is 0.0545 e. The Labute approximate surface area is 89.7 Å². The predicted octanol–water partition coefficient (Wildman–Crippen LogP) is 4.10. The smallest absolute Gasteiger partial charge is 0.0545 e. The van der Waals surface area contributed by atoms with Crippen LogP contribution in [0.5, 0.6) is 0 Å². The third-order valence-electron chi connectivity index (χ3n) is 1.79. The Bertz CT molecular complexity index is 383. The lowest BCUT2D eigenvalue weighted by Gasteiger charge is -1.99. The maximum absolute atomic E-state index is 5.98. The highest BCUT2D eigenvalue weighted by Crippen LogP contribution is 2.24. The fourth-order valence-electron chi connectivity index (χ4n) is 1.18. The Morgan fingerprint density at radius 3 is 2.25 bits per heavy atom. The van der Waals surface area contributed by atoms with Crippen LogP contribution < -0.4 is 0 Å². The molecule has 0 radical (unpaired) electrons. The minimum atomic E-state index is 0.828. The lowest BCUT2D eigenvalue weighted by molar-refractivity contribution is 1.70. The van der Waals surface area contributed by atoms with E-state index in [0.717, 1.165) is 8.59 Å². The summed E-state index contributed by atoms with van der Waals surface area (Å²) in [6, 6.07) is 12.3. The molecule has 0 atom stereocenters. The van der Waals surface area contributed by atoms with Crippen LogP contribution in [0.2, 0.25) is 5.02 Å². The zero-order chi connectivity index (χ0) is 8.55. The first kappa shape index (κ1) is 8.32. The fourth-order valence-corrected chi connectivity index (χ4v) is 1.85. The number of rotatable bonds is 0. The Morgan fingerprint density at radius 1 is 1.00 bits per heavy atom. The Morgan fingerprint density at radius 2 is 1.58 bits per heavy atom. The van der Waals surface area contributed by atoms with Crippen molar-refractivity contribution in [3.8, 4) is 0 Å². The molecule has 2 heteroatoms. The summed E-state index contributed by atoms with van der Waals surface area (Å²) in [6.45, 7) is 0. The van der Waals surface area contributed by atoms with E-state index in [-0.39, 0.29) is 0 Å². The van der Waals surface area contributed by atoms with Gasteiger partial charge in [0.2, 0.25) is 0 Å². The zero-order valence-electron chi connectivity index (χ0n) is 6.22. The van der Waals surface area contributed by atoms with Crippen LogP contribution in [-0.2, 0) is 0 Å². The summed E-state index contributed by atoms with van der Waals surface area (Å²) in [5, 5.41) is 3.27. The van der Waals surface area contributed by atoms with Crippen molar-refractivity contribution >= 4 is 45.0 Å². The molecule has 0 heterocycles. The third-order valence-corrected chi connectivity index (χ3v) is 3.31. The van der Waals surface area contributed by atoms with Crippen molar-refractivity contribution in [3.63, 3.8) is 0 Å². The van der Waals surface area contributed by atoms with Gasteiger partial charge in [0, 0.05) is 3.57 Å². The number of benzene rings is 2. The van der Waals surface area contributed by atoms with E-state index in [2.05, 4.69) is 40.8 Å². The number of halogens is 2. The molecule has 0 saturated carbocycles. The first-order chi connectivity index (χ1) is 5.77. The van der Waals surface area contributed by atoms with Gasteiger partial charge in [-0.05, 0) is 45.5 Å². The molecule has 0 aliphatic carbocycles. The van der Waals surface area contributed by atoms with Gasteiger partial charge in [-0.3, -0.25) is 0 Å². The van der Waals surface area contributed by atoms with Gasteiger partial charge >= 0.3 is 0 Å². The van der Waals surface area contributed by atoms with Crippen LogP contribution in [-0.4, -0.2) is 0 Å². The second kappa shape index (κ2) is 3.23. The summed E-state index contributed by atoms with van der Waals surface area (Å²) in [5.74, 6) is 0. The zero-order valence-corrected chi connectivity index (χ0v) is 9.13. The molecule has 0 spiro atoms. The van der Waals surface area contributed by atoms with Crippen LogP contribution in [0.4, 0.5) is 0 Å². The highest BCUT2D eigenvalue weighted by atomic mass is 127. The number of fused-ring (bicyclic) bond motifs is 1. The molecule has 0 fully saturated rings. The summed E-state index contributed by atoms with van der Waals surface area (Å²) in [4.78, 5) is 0. The van der Waals surface area contributed by atoms with Gasteiger partial charge in [-0.15, -0.1) is 0 Å². The first-order valence-electron chi connectivity index (χ1n) is 3.61. The molecule has 0 amide bonds. The molecule has 0 bridgehead atoms. The minimum Gasteiger partial charge on any atom is -0.0832 e. The Balaban J connectivity index is 2.84. The van der Waals surface area contributed by atoms with Gasteiger partial charge in [0.25, 0.3) is 0 Å². The quantitative estimate of drug-likeness (QED) is 0.640. The number of hydrogen-bond donors (Lipinski definition) is 0. The van der Waals surface area contributed by atoms with Crippen molar-refractivity contribution in [1.29, 1.82) is 0 Å². The second-order valence-electron chi connectivity index (χ2n) is 2.61. The van der Waals surface area contributed by atoms with Crippen molar-refractivity contribution in [3.05, 3.63) is 45.0 Å². The van der Waals surface area contributed by atoms with Crippen LogP contribution in [0.15, 0.2) is 36.4 Å². The van der Waals surface area contributed by atoms with Crippen molar-refractivity contribution in [2.75, 3.05) is 0 Å². The largest absolute Gasteiger partial charge is 0.0832 e. The molecule has 0 aliphatic rings. The van der Waals surface area contributed by atoms with Gasteiger partial charge in [-0.2, -0.15) is 0 Å². The normalized spacial score (nSPS) is 10.5. The van der Waals surface area contributed by atoms with E-state index in [0.29, 0.717) is 0 Å². The minimum absolute atomic E-state index is 0.828.